The number of nitrogens with one attached hydrogen (secondary N) is 2. The van der Waals surface area contributed by atoms with E-state index < -0.39 is 0 Å². The molecule has 2 aromatic carbocycles. The normalized spacial score (nSPS) is 9.74. The Morgan fingerprint density at radius 1 is 1.13 bits per heavy atom. The van der Waals surface area contributed by atoms with Crippen LogP contribution in [0.15, 0.2) is 60.8 Å². The Morgan fingerprint density at radius 3 is 2.39 bits per heavy atom. The highest BCUT2D eigenvalue weighted by Crippen LogP contribution is 2.17. The molecule has 0 aliphatic heterocycles. The van der Waals surface area contributed by atoms with E-state index >= 15 is 0 Å². The van der Waals surface area contributed by atoms with Gasteiger partial charge < -0.3 is 5.32 Å². The van der Waals surface area contributed by atoms with Crippen molar-refractivity contribution in [2.75, 3.05) is 5.32 Å². The van der Waals surface area contributed by atoms with Crippen LogP contribution < -0.4 is 10.6 Å². The Labute approximate surface area is 184 Å². The number of thiocarbonyl (C=S) groups is 1. The van der Waals surface area contributed by atoms with Crippen LogP contribution in [0.3, 0.4) is 0 Å². The van der Waals surface area contributed by atoms with E-state index in [4.69, 9.17) is 21.8 Å². The Hall–Kier alpha value is -3.68. The van der Waals surface area contributed by atoms with E-state index in [1.54, 1.807) is 42.6 Å². The van der Waals surface area contributed by atoms with Gasteiger partial charge in [0.1, 0.15) is 11.6 Å². The smallest absolute Gasteiger partial charge is 0.317 e. The highest BCUT2D eigenvalue weighted by atomic mass is 32.1. The number of benzene rings is 2. The first-order valence-electron chi connectivity index (χ1n) is 9.44. The summed E-state index contributed by atoms with van der Waals surface area (Å²) in [5.74, 6) is 0.231. The highest BCUT2D eigenvalue weighted by Gasteiger charge is 2.13. The lowest BCUT2D eigenvalue weighted by atomic mass is 10.1. The molecule has 0 unspecified atom stereocenters. The van der Waals surface area contributed by atoms with Crippen LogP contribution >= 0.6 is 12.2 Å². The van der Waals surface area contributed by atoms with Crippen LogP contribution in [0.5, 0.6) is 0 Å². The fourth-order valence-electron chi connectivity index (χ4n) is 2.79. The second-order valence-corrected chi connectivity index (χ2v) is 6.74. The predicted octanol–water partition coefficient (Wildman–Crippen LogP) is 3.37. The summed E-state index contributed by atoms with van der Waals surface area (Å²) in [4.78, 5) is 28.5. The van der Waals surface area contributed by atoms with E-state index in [0.29, 0.717) is 18.5 Å². The van der Waals surface area contributed by atoms with Crippen LogP contribution in [-0.2, 0) is 29.0 Å². The number of carbonyl (C=O) groups excluding carboxylic acids is 3. The monoisotopic (exact) mass is 440 g/mol. The van der Waals surface area contributed by atoms with Gasteiger partial charge in [0, 0.05) is 17.7 Å². The van der Waals surface area contributed by atoms with Crippen molar-refractivity contribution >= 4 is 35.2 Å². The van der Waals surface area contributed by atoms with Gasteiger partial charge in [0.2, 0.25) is 0 Å². The maximum absolute atomic E-state index is 13.1. The molecule has 0 saturated carbocycles. The number of hydrogen-bond acceptors (Lipinski definition) is 5. The number of halogens is 1. The summed E-state index contributed by atoms with van der Waals surface area (Å²) in [6.07, 6.45) is 3.51. The molecule has 0 atom stereocenters. The van der Waals surface area contributed by atoms with Gasteiger partial charge in [0.15, 0.2) is 5.11 Å². The van der Waals surface area contributed by atoms with Crippen LogP contribution in [0.25, 0.3) is 0 Å². The summed E-state index contributed by atoms with van der Waals surface area (Å²) in [5.41, 5.74) is 2.54. The molecule has 0 spiro atoms. The molecule has 0 radical (unpaired) electrons. The molecule has 31 heavy (non-hydrogen) atoms. The number of amides is 1. The number of aryl methyl sites for hydroxylation is 3. The molecule has 0 bridgehead atoms. The first kappa shape index (κ1) is 23.6. The standard InChI is InChI=1S/C21H21FN4OS.CO2/c1-2-16-14-23-26(13-12-15-8-10-18(22)11-9-15)19(16)24-21(28)25-20(27)17-6-4-3-5-7-17;2-1-3/h3-11,14H,2,12-13H2,1H3,(H2,24,25,27,28);. The Kier molecular flexibility index (Phi) is 9.22. The molecule has 1 amide bonds. The number of nitrogens with zero attached hydrogens (tertiary/aromatic N) is 2. The molecule has 0 saturated heterocycles. The third kappa shape index (κ3) is 7.26. The summed E-state index contributed by atoms with van der Waals surface area (Å²) >= 11 is 5.31. The number of aromatic nitrogens is 2. The zero-order valence-corrected chi connectivity index (χ0v) is 17.6. The molecule has 0 aliphatic carbocycles. The van der Waals surface area contributed by atoms with Crippen molar-refractivity contribution in [1.29, 1.82) is 0 Å². The lowest BCUT2D eigenvalue weighted by Crippen LogP contribution is -2.35. The van der Waals surface area contributed by atoms with Gasteiger partial charge in [-0.1, -0.05) is 37.3 Å². The van der Waals surface area contributed by atoms with Gasteiger partial charge in [-0.2, -0.15) is 14.7 Å². The highest BCUT2D eigenvalue weighted by molar-refractivity contribution is 7.80. The van der Waals surface area contributed by atoms with Crippen molar-refractivity contribution in [2.45, 2.75) is 26.3 Å². The molecular weight excluding hydrogens is 419 g/mol. The molecule has 3 rings (SSSR count). The third-order valence-electron chi connectivity index (χ3n) is 4.32. The number of carbonyl (C=O) groups is 1. The largest absolute Gasteiger partial charge is 0.373 e. The molecular formula is C22H21FN4O3S. The van der Waals surface area contributed by atoms with E-state index in [1.807, 2.05) is 17.7 Å². The first-order valence-corrected chi connectivity index (χ1v) is 9.85. The summed E-state index contributed by atoms with van der Waals surface area (Å²) in [5, 5.41) is 10.4. The van der Waals surface area contributed by atoms with Crippen LogP contribution in [0.4, 0.5) is 10.2 Å². The van der Waals surface area contributed by atoms with Crippen molar-refractivity contribution in [3.8, 4) is 0 Å². The van der Waals surface area contributed by atoms with Crippen LogP contribution in [0, 0.1) is 5.82 Å². The minimum atomic E-state index is -0.270. The Morgan fingerprint density at radius 2 is 1.77 bits per heavy atom. The van der Waals surface area contributed by atoms with Crippen molar-refractivity contribution < 1.29 is 18.8 Å². The van der Waals surface area contributed by atoms with Crippen LogP contribution in [0.1, 0.15) is 28.4 Å². The fraction of sp³-hybridized carbons (Fsp3) is 0.182. The van der Waals surface area contributed by atoms with Gasteiger partial charge in [0.05, 0.1) is 6.20 Å². The SMILES string of the molecule is CCc1cnn(CCc2ccc(F)cc2)c1NC(=S)NC(=O)c1ccccc1.O=C=O. The number of rotatable bonds is 6. The van der Waals surface area contributed by atoms with Crippen molar-refractivity contribution in [1.82, 2.24) is 15.1 Å². The first-order chi connectivity index (χ1) is 15.0. The Balaban J connectivity index is 0.00000107. The maximum Gasteiger partial charge on any atom is 0.373 e. The van der Waals surface area contributed by atoms with Crippen LogP contribution in [-0.4, -0.2) is 27.0 Å². The number of hydrogen-bond donors (Lipinski definition) is 2. The maximum atomic E-state index is 13.1. The molecule has 9 heteroatoms. The summed E-state index contributed by atoms with van der Waals surface area (Å²) in [6, 6.07) is 15.3. The average Bonchev–Trinajstić information content (AvgIpc) is 3.15. The average molecular weight is 441 g/mol. The second kappa shape index (κ2) is 12.1. The third-order valence-corrected chi connectivity index (χ3v) is 4.52. The topological polar surface area (TPSA) is 93.1 Å². The van der Waals surface area contributed by atoms with E-state index in [9.17, 15) is 9.18 Å². The molecule has 7 nitrogen and oxygen atoms in total. The van der Waals surface area contributed by atoms with Gasteiger partial charge in [-0.05, 0) is 54.9 Å². The zero-order valence-electron chi connectivity index (χ0n) is 16.8. The minimum absolute atomic E-state index is 0.215. The lowest BCUT2D eigenvalue weighted by Gasteiger charge is -2.13. The molecule has 0 aliphatic rings. The van der Waals surface area contributed by atoms with E-state index in [2.05, 4.69) is 15.7 Å². The van der Waals surface area contributed by atoms with Gasteiger partial charge in [-0.25, -0.2) is 9.07 Å². The molecule has 3 aromatic rings. The predicted molar refractivity (Wildman–Crippen MR) is 117 cm³/mol. The molecule has 1 aromatic heterocycles. The van der Waals surface area contributed by atoms with Gasteiger partial charge in [-0.3, -0.25) is 10.1 Å². The Bertz CT molecular complexity index is 1050. The second-order valence-electron chi connectivity index (χ2n) is 6.33. The quantitative estimate of drug-likeness (QED) is 0.571. The van der Waals surface area contributed by atoms with E-state index in [0.717, 1.165) is 23.4 Å². The minimum Gasteiger partial charge on any atom is -0.317 e. The van der Waals surface area contributed by atoms with Crippen LogP contribution in [0.2, 0.25) is 0 Å². The summed E-state index contributed by atoms with van der Waals surface area (Å²) in [6.45, 7) is 2.63. The number of anilines is 1. The van der Waals surface area contributed by atoms with Crippen molar-refractivity contribution in [2.24, 2.45) is 0 Å². The summed E-state index contributed by atoms with van der Waals surface area (Å²) in [7, 11) is 0. The lowest BCUT2D eigenvalue weighted by molar-refractivity contribution is -0.191. The fourth-order valence-corrected chi connectivity index (χ4v) is 2.98. The van der Waals surface area contributed by atoms with Gasteiger partial charge >= 0.3 is 6.15 Å². The van der Waals surface area contributed by atoms with Gasteiger partial charge in [0.25, 0.3) is 5.91 Å². The molecule has 160 valence electrons. The zero-order chi connectivity index (χ0) is 22.6. The van der Waals surface area contributed by atoms with E-state index in [1.165, 1.54) is 12.1 Å². The van der Waals surface area contributed by atoms with Crippen molar-refractivity contribution in [3.05, 3.63) is 83.3 Å². The van der Waals surface area contributed by atoms with Gasteiger partial charge in [-0.15, -0.1) is 0 Å². The summed E-state index contributed by atoms with van der Waals surface area (Å²) < 4.78 is 14.9. The van der Waals surface area contributed by atoms with E-state index in [-0.39, 0.29) is 23.0 Å². The molecule has 0 fully saturated rings. The molecule has 2 N–H and O–H groups in total. The van der Waals surface area contributed by atoms with Crippen molar-refractivity contribution in [3.63, 3.8) is 0 Å². The molecule has 1 heterocycles.